The van der Waals surface area contributed by atoms with Gasteiger partial charge in [0.05, 0.1) is 25.6 Å². The second-order valence-electron chi connectivity index (χ2n) is 4.75. The quantitative estimate of drug-likeness (QED) is 0.803. The van der Waals surface area contributed by atoms with E-state index in [1.54, 1.807) is 24.6 Å². The van der Waals surface area contributed by atoms with E-state index in [2.05, 4.69) is 18.0 Å². The van der Waals surface area contributed by atoms with E-state index in [4.69, 9.17) is 4.74 Å². The van der Waals surface area contributed by atoms with Crippen molar-refractivity contribution in [2.45, 2.75) is 20.0 Å². The van der Waals surface area contributed by atoms with Gasteiger partial charge < -0.3 is 9.84 Å². The number of imidazole rings is 1. The Hall–Kier alpha value is -1.85. The molecule has 104 valence electrons. The highest BCUT2D eigenvalue weighted by Crippen LogP contribution is 2.27. The SMILES string of the molecule is COc1ccc(C)cc1Cc1cn2c(CO)cnc2s1. The van der Waals surface area contributed by atoms with Gasteiger partial charge in [-0.25, -0.2) is 4.98 Å². The second kappa shape index (κ2) is 5.26. The third kappa shape index (κ3) is 2.30. The van der Waals surface area contributed by atoms with Gasteiger partial charge in [0.2, 0.25) is 0 Å². The van der Waals surface area contributed by atoms with Crippen LogP contribution >= 0.6 is 11.3 Å². The Bertz CT molecular complexity index is 745. The maximum Gasteiger partial charge on any atom is 0.194 e. The topological polar surface area (TPSA) is 46.8 Å². The van der Waals surface area contributed by atoms with Gasteiger partial charge in [-0.2, -0.15) is 0 Å². The summed E-state index contributed by atoms with van der Waals surface area (Å²) in [6.45, 7) is 2.08. The van der Waals surface area contributed by atoms with Crippen LogP contribution in [0.4, 0.5) is 0 Å². The predicted octanol–water partition coefficient (Wildman–Crippen LogP) is 2.80. The number of aliphatic hydroxyl groups excluding tert-OH is 1. The molecule has 20 heavy (non-hydrogen) atoms. The zero-order chi connectivity index (χ0) is 14.1. The first-order chi connectivity index (χ1) is 9.71. The van der Waals surface area contributed by atoms with Crippen molar-refractivity contribution in [3.05, 3.63) is 52.3 Å². The van der Waals surface area contributed by atoms with Crippen molar-refractivity contribution >= 4 is 16.3 Å². The zero-order valence-corrected chi connectivity index (χ0v) is 12.3. The van der Waals surface area contributed by atoms with Crippen LogP contribution in [0.2, 0.25) is 0 Å². The molecule has 0 aliphatic carbocycles. The van der Waals surface area contributed by atoms with E-state index in [-0.39, 0.29) is 6.61 Å². The van der Waals surface area contributed by atoms with Crippen molar-refractivity contribution in [2.75, 3.05) is 7.11 Å². The van der Waals surface area contributed by atoms with Crippen LogP contribution in [0, 0.1) is 6.92 Å². The third-order valence-electron chi connectivity index (χ3n) is 3.30. The van der Waals surface area contributed by atoms with E-state index < -0.39 is 0 Å². The zero-order valence-electron chi connectivity index (χ0n) is 11.5. The lowest BCUT2D eigenvalue weighted by Crippen LogP contribution is -1.94. The molecule has 1 aromatic carbocycles. The smallest absolute Gasteiger partial charge is 0.194 e. The van der Waals surface area contributed by atoms with E-state index in [9.17, 15) is 5.11 Å². The van der Waals surface area contributed by atoms with Gasteiger partial charge in [-0.15, -0.1) is 11.3 Å². The normalized spacial score (nSPS) is 11.2. The first-order valence-corrected chi connectivity index (χ1v) is 7.22. The van der Waals surface area contributed by atoms with Crippen LogP contribution in [0.5, 0.6) is 5.75 Å². The maximum absolute atomic E-state index is 9.27. The molecule has 0 atom stereocenters. The summed E-state index contributed by atoms with van der Waals surface area (Å²) in [6, 6.07) is 6.20. The van der Waals surface area contributed by atoms with Crippen LogP contribution in [0.1, 0.15) is 21.7 Å². The number of methoxy groups -OCH3 is 1. The Morgan fingerprint density at radius 1 is 1.40 bits per heavy atom. The Morgan fingerprint density at radius 3 is 3.00 bits per heavy atom. The number of hydrogen-bond donors (Lipinski definition) is 1. The van der Waals surface area contributed by atoms with Crippen LogP contribution in [-0.2, 0) is 13.0 Å². The molecule has 1 N–H and O–H groups in total. The van der Waals surface area contributed by atoms with Crippen LogP contribution in [-0.4, -0.2) is 21.6 Å². The highest BCUT2D eigenvalue weighted by molar-refractivity contribution is 7.17. The molecule has 3 aromatic rings. The Kier molecular flexibility index (Phi) is 3.46. The van der Waals surface area contributed by atoms with Crippen molar-refractivity contribution in [1.29, 1.82) is 0 Å². The first-order valence-electron chi connectivity index (χ1n) is 6.40. The molecule has 0 saturated carbocycles. The molecule has 3 rings (SSSR count). The number of aromatic nitrogens is 2. The molecule has 0 aliphatic heterocycles. The van der Waals surface area contributed by atoms with E-state index >= 15 is 0 Å². The van der Waals surface area contributed by atoms with Crippen LogP contribution in [0.3, 0.4) is 0 Å². The standard InChI is InChI=1S/C15H16N2O2S/c1-10-3-4-14(19-2)11(5-10)6-13-8-17-12(9-18)7-16-15(17)20-13/h3-5,7-8,18H,6,9H2,1-2H3. The number of hydrogen-bond acceptors (Lipinski definition) is 4. The molecule has 2 aromatic heterocycles. The summed E-state index contributed by atoms with van der Waals surface area (Å²) in [5.74, 6) is 0.907. The van der Waals surface area contributed by atoms with Crippen molar-refractivity contribution < 1.29 is 9.84 Å². The monoisotopic (exact) mass is 288 g/mol. The number of fused-ring (bicyclic) bond motifs is 1. The molecule has 0 fully saturated rings. The number of ether oxygens (including phenoxy) is 1. The fourth-order valence-electron chi connectivity index (χ4n) is 2.31. The molecule has 5 heteroatoms. The second-order valence-corrected chi connectivity index (χ2v) is 5.84. The average molecular weight is 288 g/mol. The molecule has 4 nitrogen and oxygen atoms in total. The lowest BCUT2D eigenvalue weighted by molar-refractivity contribution is 0.276. The van der Waals surface area contributed by atoms with E-state index in [1.165, 1.54) is 16.0 Å². The molecule has 0 radical (unpaired) electrons. The first kappa shape index (κ1) is 13.1. The molecule has 0 aliphatic rings. The lowest BCUT2D eigenvalue weighted by atomic mass is 10.1. The molecular formula is C15H16N2O2S. The highest BCUT2D eigenvalue weighted by atomic mass is 32.1. The summed E-state index contributed by atoms with van der Waals surface area (Å²) in [5, 5.41) is 9.27. The number of benzene rings is 1. The maximum atomic E-state index is 9.27. The summed E-state index contributed by atoms with van der Waals surface area (Å²) in [6.07, 6.45) is 4.56. The molecule has 0 amide bonds. The summed E-state index contributed by atoms with van der Waals surface area (Å²) in [4.78, 5) is 6.42. The van der Waals surface area contributed by atoms with Crippen molar-refractivity contribution in [3.8, 4) is 5.75 Å². The average Bonchev–Trinajstić information content (AvgIpc) is 2.98. The van der Waals surface area contributed by atoms with Crippen molar-refractivity contribution in [1.82, 2.24) is 9.38 Å². The fraction of sp³-hybridized carbons (Fsp3) is 0.267. The van der Waals surface area contributed by atoms with Gasteiger partial charge in [-0.1, -0.05) is 17.7 Å². The molecule has 0 unspecified atom stereocenters. The Labute approximate surface area is 121 Å². The van der Waals surface area contributed by atoms with Gasteiger partial charge in [0.25, 0.3) is 0 Å². The summed E-state index contributed by atoms with van der Waals surface area (Å²) in [7, 11) is 1.69. The highest BCUT2D eigenvalue weighted by Gasteiger charge is 2.10. The van der Waals surface area contributed by atoms with Crippen molar-refractivity contribution in [2.24, 2.45) is 0 Å². The number of rotatable bonds is 4. The number of thiazole rings is 1. The fourth-order valence-corrected chi connectivity index (χ4v) is 3.30. The summed E-state index contributed by atoms with van der Waals surface area (Å²) in [5.41, 5.74) is 3.21. The summed E-state index contributed by atoms with van der Waals surface area (Å²) >= 11 is 1.64. The minimum Gasteiger partial charge on any atom is -0.496 e. The number of aliphatic hydroxyl groups is 1. The molecule has 0 spiro atoms. The minimum atomic E-state index is 0.00507. The van der Waals surface area contributed by atoms with Crippen LogP contribution in [0.15, 0.2) is 30.6 Å². The largest absolute Gasteiger partial charge is 0.496 e. The van der Waals surface area contributed by atoms with Crippen molar-refractivity contribution in [3.63, 3.8) is 0 Å². The van der Waals surface area contributed by atoms with E-state index in [0.29, 0.717) is 0 Å². The molecule has 0 saturated heterocycles. The Morgan fingerprint density at radius 2 is 2.25 bits per heavy atom. The third-order valence-corrected chi connectivity index (χ3v) is 4.29. The molecule has 0 bridgehead atoms. The van der Waals surface area contributed by atoms with Gasteiger partial charge in [0.15, 0.2) is 4.96 Å². The van der Waals surface area contributed by atoms with Gasteiger partial charge in [-0.3, -0.25) is 4.40 Å². The molecule has 2 heterocycles. The summed E-state index contributed by atoms with van der Waals surface area (Å²) < 4.78 is 7.36. The van der Waals surface area contributed by atoms with Crippen LogP contribution in [0.25, 0.3) is 4.96 Å². The van der Waals surface area contributed by atoms with E-state index in [0.717, 1.165) is 22.8 Å². The van der Waals surface area contributed by atoms with Gasteiger partial charge in [-0.05, 0) is 18.6 Å². The Balaban J connectivity index is 1.96. The van der Waals surface area contributed by atoms with Gasteiger partial charge in [0.1, 0.15) is 5.75 Å². The molecular weight excluding hydrogens is 272 g/mol. The minimum absolute atomic E-state index is 0.00507. The number of nitrogens with zero attached hydrogens (tertiary/aromatic N) is 2. The van der Waals surface area contributed by atoms with E-state index in [1.807, 2.05) is 22.7 Å². The lowest BCUT2D eigenvalue weighted by Gasteiger charge is -2.08. The van der Waals surface area contributed by atoms with Gasteiger partial charge in [0, 0.05) is 17.5 Å². The van der Waals surface area contributed by atoms with Gasteiger partial charge >= 0.3 is 0 Å². The predicted molar refractivity (Wildman–Crippen MR) is 79.5 cm³/mol. The number of aryl methyl sites for hydroxylation is 1. The van der Waals surface area contributed by atoms with Crippen LogP contribution < -0.4 is 4.74 Å².